The van der Waals surface area contributed by atoms with Crippen LogP contribution in [0.25, 0.3) is 0 Å². The summed E-state index contributed by atoms with van der Waals surface area (Å²) in [7, 11) is 1.27. The maximum atomic E-state index is 11.4. The average Bonchev–Trinajstić information content (AvgIpc) is 2.38. The van der Waals surface area contributed by atoms with Gasteiger partial charge in [0.1, 0.15) is 6.29 Å². The minimum absolute atomic E-state index is 0.0660. The number of benzene rings is 1. The second-order valence-corrected chi connectivity index (χ2v) is 3.78. The first-order chi connectivity index (χ1) is 8.19. The first-order valence-corrected chi connectivity index (χ1v) is 5.43. The summed E-state index contributed by atoms with van der Waals surface area (Å²) < 4.78 is 4.59. The van der Waals surface area contributed by atoms with Crippen molar-refractivity contribution in [2.75, 3.05) is 7.11 Å². The molecule has 0 saturated heterocycles. The van der Waals surface area contributed by atoms with Crippen molar-refractivity contribution >= 4 is 12.3 Å². The van der Waals surface area contributed by atoms with Gasteiger partial charge in [-0.3, -0.25) is 4.79 Å². The standard InChI is InChI=1S/C13H16O4/c1-17-13(16)11(7-8-14)9-12(15)10-5-3-2-4-6-10/h2-6,8,11-12,15H,7,9H2,1H3/t11?,12-/m1/s1. The number of carbonyl (C=O) groups is 2. The van der Waals surface area contributed by atoms with E-state index in [0.29, 0.717) is 6.29 Å². The summed E-state index contributed by atoms with van der Waals surface area (Å²) in [4.78, 5) is 21.8. The van der Waals surface area contributed by atoms with E-state index < -0.39 is 18.0 Å². The third kappa shape index (κ3) is 4.00. The van der Waals surface area contributed by atoms with Crippen molar-refractivity contribution in [3.05, 3.63) is 35.9 Å². The van der Waals surface area contributed by atoms with Gasteiger partial charge < -0.3 is 14.6 Å². The van der Waals surface area contributed by atoms with Crippen LogP contribution < -0.4 is 0 Å². The minimum atomic E-state index is -0.764. The van der Waals surface area contributed by atoms with E-state index in [4.69, 9.17) is 0 Å². The maximum Gasteiger partial charge on any atom is 0.309 e. The van der Waals surface area contributed by atoms with Crippen LogP contribution in [0.3, 0.4) is 0 Å². The van der Waals surface area contributed by atoms with E-state index in [1.54, 1.807) is 12.1 Å². The zero-order chi connectivity index (χ0) is 12.7. The van der Waals surface area contributed by atoms with E-state index in [1.165, 1.54) is 7.11 Å². The van der Waals surface area contributed by atoms with E-state index in [-0.39, 0.29) is 12.8 Å². The Balaban J connectivity index is 2.67. The van der Waals surface area contributed by atoms with Crippen molar-refractivity contribution in [1.29, 1.82) is 0 Å². The molecule has 0 aromatic heterocycles. The average molecular weight is 236 g/mol. The maximum absolute atomic E-state index is 11.4. The molecule has 4 heteroatoms. The lowest BCUT2D eigenvalue weighted by Gasteiger charge is -2.16. The first-order valence-electron chi connectivity index (χ1n) is 5.43. The van der Waals surface area contributed by atoms with Crippen molar-refractivity contribution in [1.82, 2.24) is 0 Å². The van der Waals surface area contributed by atoms with Gasteiger partial charge in [-0.2, -0.15) is 0 Å². The minimum Gasteiger partial charge on any atom is -0.469 e. The van der Waals surface area contributed by atoms with Crippen molar-refractivity contribution < 1.29 is 19.4 Å². The molecule has 0 spiro atoms. The Hall–Kier alpha value is -1.68. The topological polar surface area (TPSA) is 63.6 Å². The molecule has 1 aromatic carbocycles. The molecule has 0 saturated carbocycles. The second-order valence-electron chi connectivity index (χ2n) is 3.78. The molecule has 0 amide bonds. The summed E-state index contributed by atoms with van der Waals surface area (Å²) in [5.41, 5.74) is 0.729. The normalized spacial score (nSPS) is 13.8. The van der Waals surface area contributed by atoms with Crippen LogP contribution in [0.2, 0.25) is 0 Å². The predicted octanol–water partition coefficient (Wildman–Crippen LogP) is 1.49. The lowest BCUT2D eigenvalue weighted by atomic mass is 9.95. The van der Waals surface area contributed by atoms with Crippen LogP contribution in [0.1, 0.15) is 24.5 Å². The Morgan fingerprint density at radius 3 is 2.59 bits per heavy atom. The van der Waals surface area contributed by atoms with Crippen molar-refractivity contribution in [2.45, 2.75) is 18.9 Å². The smallest absolute Gasteiger partial charge is 0.309 e. The van der Waals surface area contributed by atoms with Gasteiger partial charge in [-0.05, 0) is 12.0 Å². The zero-order valence-electron chi connectivity index (χ0n) is 9.70. The Labute approximate surface area is 100 Å². The molecule has 0 fully saturated rings. The van der Waals surface area contributed by atoms with Crippen LogP contribution in [0.4, 0.5) is 0 Å². The van der Waals surface area contributed by atoms with Crippen LogP contribution in [-0.2, 0) is 14.3 Å². The lowest BCUT2D eigenvalue weighted by Crippen LogP contribution is -2.19. The third-order valence-electron chi connectivity index (χ3n) is 2.61. The van der Waals surface area contributed by atoms with E-state index >= 15 is 0 Å². The highest BCUT2D eigenvalue weighted by Gasteiger charge is 2.23. The third-order valence-corrected chi connectivity index (χ3v) is 2.61. The van der Waals surface area contributed by atoms with Gasteiger partial charge in [-0.1, -0.05) is 30.3 Å². The Bertz CT molecular complexity index is 361. The number of hydrogen-bond donors (Lipinski definition) is 1. The highest BCUT2D eigenvalue weighted by molar-refractivity contribution is 5.75. The fourth-order valence-electron chi connectivity index (χ4n) is 1.65. The van der Waals surface area contributed by atoms with Gasteiger partial charge in [0.15, 0.2) is 0 Å². The summed E-state index contributed by atoms with van der Waals surface area (Å²) in [6, 6.07) is 9.02. The molecule has 0 bridgehead atoms. The van der Waals surface area contributed by atoms with Crippen molar-refractivity contribution in [2.24, 2.45) is 5.92 Å². The molecule has 1 N–H and O–H groups in total. The predicted molar refractivity (Wildman–Crippen MR) is 62.2 cm³/mol. The fraction of sp³-hybridized carbons (Fsp3) is 0.385. The van der Waals surface area contributed by atoms with Crippen molar-refractivity contribution in [3.8, 4) is 0 Å². The van der Waals surface area contributed by atoms with Gasteiger partial charge in [-0.15, -0.1) is 0 Å². The molecule has 0 aliphatic carbocycles. The highest BCUT2D eigenvalue weighted by atomic mass is 16.5. The molecule has 0 aliphatic rings. The largest absolute Gasteiger partial charge is 0.469 e. The highest BCUT2D eigenvalue weighted by Crippen LogP contribution is 2.23. The zero-order valence-corrected chi connectivity index (χ0v) is 9.70. The monoisotopic (exact) mass is 236 g/mol. The van der Waals surface area contributed by atoms with Gasteiger partial charge in [0, 0.05) is 6.42 Å². The Morgan fingerprint density at radius 2 is 2.06 bits per heavy atom. The van der Waals surface area contributed by atoms with E-state index in [2.05, 4.69) is 4.74 Å². The lowest BCUT2D eigenvalue weighted by molar-refractivity contribution is -0.147. The number of aliphatic hydroxyl groups excluding tert-OH is 1. The Morgan fingerprint density at radius 1 is 1.41 bits per heavy atom. The van der Waals surface area contributed by atoms with Crippen molar-refractivity contribution in [3.63, 3.8) is 0 Å². The number of esters is 1. The summed E-state index contributed by atoms with van der Waals surface area (Å²) in [5, 5.41) is 9.94. The molecule has 0 heterocycles. The van der Waals surface area contributed by atoms with Crippen LogP contribution in [0, 0.1) is 5.92 Å². The SMILES string of the molecule is COC(=O)C(CC=O)C[C@@H](O)c1ccccc1. The number of rotatable bonds is 6. The molecule has 2 atom stereocenters. The molecule has 92 valence electrons. The van der Waals surface area contributed by atoms with E-state index in [0.717, 1.165) is 5.56 Å². The van der Waals surface area contributed by atoms with Crippen LogP contribution in [0.15, 0.2) is 30.3 Å². The molecule has 0 radical (unpaired) electrons. The summed E-state index contributed by atoms with van der Waals surface area (Å²) in [6.07, 6.45) is 0.158. The summed E-state index contributed by atoms with van der Waals surface area (Å²) in [6.45, 7) is 0. The molecule has 0 aliphatic heterocycles. The second kappa shape index (κ2) is 6.81. The molecule has 1 rings (SSSR count). The van der Waals surface area contributed by atoms with Crippen LogP contribution in [0.5, 0.6) is 0 Å². The van der Waals surface area contributed by atoms with Gasteiger partial charge in [0.25, 0.3) is 0 Å². The number of methoxy groups -OCH3 is 1. The van der Waals surface area contributed by atoms with Gasteiger partial charge in [0.2, 0.25) is 0 Å². The fourth-order valence-corrected chi connectivity index (χ4v) is 1.65. The van der Waals surface area contributed by atoms with Gasteiger partial charge in [0.05, 0.1) is 19.1 Å². The molecule has 1 unspecified atom stereocenters. The van der Waals surface area contributed by atoms with E-state index in [1.807, 2.05) is 18.2 Å². The Kier molecular flexibility index (Phi) is 5.36. The summed E-state index contributed by atoms with van der Waals surface area (Å²) >= 11 is 0. The molecule has 17 heavy (non-hydrogen) atoms. The van der Waals surface area contributed by atoms with Crippen LogP contribution >= 0.6 is 0 Å². The number of aldehydes is 1. The van der Waals surface area contributed by atoms with Crippen LogP contribution in [-0.4, -0.2) is 24.5 Å². The first kappa shape index (κ1) is 13.4. The quantitative estimate of drug-likeness (QED) is 0.600. The molecule has 1 aromatic rings. The number of carbonyl (C=O) groups excluding carboxylic acids is 2. The van der Waals surface area contributed by atoms with Gasteiger partial charge >= 0.3 is 5.97 Å². The van der Waals surface area contributed by atoms with Gasteiger partial charge in [-0.25, -0.2) is 0 Å². The number of ether oxygens (including phenoxy) is 1. The number of hydrogen-bond acceptors (Lipinski definition) is 4. The summed E-state index contributed by atoms with van der Waals surface area (Å²) in [5.74, 6) is -1.06. The van der Waals surface area contributed by atoms with E-state index in [9.17, 15) is 14.7 Å². The number of aliphatic hydroxyl groups is 1. The molecular weight excluding hydrogens is 220 g/mol. The molecule has 4 nitrogen and oxygen atoms in total. The molecular formula is C13H16O4.